The van der Waals surface area contributed by atoms with Crippen LogP contribution in [0.5, 0.6) is 0 Å². The molecule has 11 heteroatoms. The molecular weight excluding hydrogens is 438 g/mol. The molecule has 0 unspecified atom stereocenters. The van der Waals surface area contributed by atoms with Crippen molar-refractivity contribution in [3.05, 3.63) is 47.0 Å². The quantitative estimate of drug-likeness (QED) is 0.576. The maximum atomic E-state index is 12.6. The van der Waals surface area contributed by atoms with Gasteiger partial charge in [-0.15, -0.1) is 14.6 Å². The van der Waals surface area contributed by atoms with E-state index in [2.05, 4.69) is 19.9 Å². The van der Waals surface area contributed by atoms with Crippen LogP contribution in [0.4, 0.5) is 5.69 Å². The van der Waals surface area contributed by atoms with E-state index in [0.717, 1.165) is 18.5 Å². The lowest BCUT2D eigenvalue weighted by molar-refractivity contribution is -0.116. The lowest BCUT2D eigenvalue weighted by atomic mass is 10.2. The average Bonchev–Trinajstić information content (AvgIpc) is 3.49. The van der Waals surface area contributed by atoms with Crippen LogP contribution in [0.2, 0.25) is 0 Å². The van der Waals surface area contributed by atoms with Gasteiger partial charge >= 0.3 is 0 Å². The van der Waals surface area contributed by atoms with Gasteiger partial charge in [0, 0.05) is 49.5 Å². The molecule has 2 aromatic heterocycles. The van der Waals surface area contributed by atoms with Crippen LogP contribution in [-0.2, 0) is 21.2 Å². The van der Waals surface area contributed by atoms with E-state index in [1.807, 2.05) is 28.8 Å². The summed E-state index contributed by atoms with van der Waals surface area (Å²) < 4.78 is 34.8. The van der Waals surface area contributed by atoms with E-state index in [0.29, 0.717) is 29.7 Å². The van der Waals surface area contributed by atoms with Crippen LogP contribution in [0.15, 0.2) is 54.8 Å². The Kier molecular flexibility index (Phi) is 6.14. The Morgan fingerprint density at radius 3 is 2.94 bits per heavy atom. The molecular formula is C20H21N5O4S2. The van der Waals surface area contributed by atoms with Crippen molar-refractivity contribution in [3.63, 3.8) is 0 Å². The van der Waals surface area contributed by atoms with Crippen molar-refractivity contribution in [1.82, 2.24) is 15.1 Å². The van der Waals surface area contributed by atoms with Gasteiger partial charge in [0.25, 0.3) is 10.0 Å². The summed E-state index contributed by atoms with van der Waals surface area (Å²) in [5.74, 6) is 1.05. The lowest BCUT2D eigenvalue weighted by Crippen LogP contribution is -2.20. The minimum atomic E-state index is -3.85. The number of aryl methyl sites for hydroxylation is 1. The van der Waals surface area contributed by atoms with Crippen molar-refractivity contribution in [1.29, 1.82) is 0 Å². The molecule has 0 atom stereocenters. The molecule has 1 fully saturated rings. The standard InChI is InChI=1S/C20H21N5O4S2/c1-25-10-3-6-17(25)24-31(27,28)16-5-2-4-15(12-16)21-18(26)7-8-19-22-23-20(29-19)14-9-11-30-13-14/h2,4-5,9,11-13H,3,6-8,10H2,1H3,(H,21,26)/b24-17+. The van der Waals surface area contributed by atoms with Gasteiger partial charge in [-0.05, 0) is 36.1 Å². The van der Waals surface area contributed by atoms with Crippen molar-refractivity contribution in [2.24, 2.45) is 4.40 Å². The molecule has 1 aliphatic heterocycles. The van der Waals surface area contributed by atoms with E-state index in [1.165, 1.54) is 23.5 Å². The summed E-state index contributed by atoms with van der Waals surface area (Å²) in [4.78, 5) is 14.2. The number of hydrogen-bond donors (Lipinski definition) is 1. The number of amides is 1. The number of rotatable bonds is 7. The monoisotopic (exact) mass is 459 g/mol. The second kappa shape index (κ2) is 8.98. The van der Waals surface area contributed by atoms with Crippen LogP contribution in [0.1, 0.15) is 25.2 Å². The predicted octanol–water partition coefficient (Wildman–Crippen LogP) is 3.18. The number of sulfonamides is 1. The van der Waals surface area contributed by atoms with E-state index >= 15 is 0 Å². The summed E-state index contributed by atoms with van der Waals surface area (Å²) in [7, 11) is -2.02. The number of aromatic nitrogens is 2. The predicted molar refractivity (Wildman–Crippen MR) is 117 cm³/mol. The molecule has 1 aromatic carbocycles. The third-order valence-electron chi connectivity index (χ3n) is 4.78. The van der Waals surface area contributed by atoms with Crippen LogP contribution < -0.4 is 5.32 Å². The smallest absolute Gasteiger partial charge is 0.284 e. The molecule has 9 nitrogen and oxygen atoms in total. The van der Waals surface area contributed by atoms with Gasteiger partial charge in [-0.25, -0.2) is 0 Å². The van der Waals surface area contributed by atoms with Crippen molar-refractivity contribution >= 4 is 38.8 Å². The van der Waals surface area contributed by atoms with E-state index in [9.17, 15) is 13.2 Å². The van der Waals surface area contributed by atoms with E-state index in [1.54, 1.807) is 12.1 Å². The third kappa shape index (κ3) is 5.17. The number of carbonyl (C=O) groups excluding carboxylic acids is 1. The first-order valence-electron chi connectivity index (χ1n) is 9.70. The number of amidine groups is 1. The van der Waals surface area contributed by atoms with Crippen molar-refractivity contribution in [3.8, 4) is 11.5 Å². The molecule has 1 saturated heterocycles. The summed E-state index contributed by atoms with van der Waals surface area (Å²) in [6.45, 7) is 0.791. The summed E-state index contributed by atoms with van der Waals surface area (Å²) >= 11 is 1.53. The van der Waals surface area contributed by atoms with E-state index < -0.39 is 10.0 Å². The molecule has 0 spiro atoms. The SMILES string of the molecule is CN1CCC/C1=N\S(=O)(=O)c1cccc(NC(=O)CCc2nnc(-c3ccsc3)o2)c1. The zero-order valence-electron chi connectivity index (χ0n) is 16.8. The number of benzene rings is 1. The topological polar surface area (TPSA) is 118 Å². The van der Waals surface area contributed by atoms with Gasteiger partial charge in [-0.1, -0.05) is 6.07 Å². The fourth-order valence-electron chi connectivity index (χ4n) is 3.14. The molecule has 3 heterocycles. The van der Waals surface area contributed by atoms with Gasteiger partial charge in [0.15, 0.2) is 0 Å². The van der Waals surface area contributed by atoms with Crippen LogP contribution in [0.25, 0.3) is 11.5 Å². The number of carbonyl (C=O) groups is 1. The Bertz CT molecular complexity index is 1200. The first kappa shape index (κ1) is 21.2. The zero-order valence-corrected chi connectivity index (χ0v) is 18.4. The van der Waals surface area contributed by atoms with Crippen LogP contribution in [0, 0.1) is 0 Å². The van der Waals surface area contributed by atoms with Gasteiger partial charge in [-0.2, -0.15) is 19.8 Å². The molecule has 1 N–H and O–H groups in total. The summed E-state index contributed by atoms with van der Waals surface area (Å²) in [6, 6.07) is 7.96. The molecule has 1 aliphatic rings. The second-order valence-corrected chi connectivity index (χ2v) is 9.48. The molecule has 0 saturated carbocycles. The Morgan fingerprint density at radius 2 is 2.19 bits per heavy atom. The molecule has 4 rings (SSSR count). The molecule has 3 aromatic rings. The van der Waals surface area contributed by atoms with Gasteiger partial charge < -0.3 is 14.6 Å². The Labute approximate surface area is 183 Å². The summed E-state index contributed by atoms with van der Waals surface area (Å²) in [5, 5.41) is 14.5. The highest BCUT2D eigenvalue weighted by molar-refractivity contribution is 7.90. The molecule has 0 aliphatic carbocycles. The molecule has 162 valence electrons. The number of nitrogens with zero attached hydrogens (tertiary/aromatic N) is 4. The maximum Gasteiger partial charge on any atom is 0.284 e. The van der Waals surface area contributed by atoms with Crippen LogP contribution in [0.3, 0.4) is 0 Å². The maximum absolute atomic E-state index is 12.6. The Hall–Kier alpha value is -3.05. The Balaban J connectivity index is 1.38. The number of nitrogens with one attached hydrogen (secondary N) is 1. The first-order valence-corrected chi connectivity index (χ1v) is 12.1. The van der Waals surface area contributed by atoms with E-state index in [4.69, 9.17) is 4.42 Å². The minimum Gasteiger partial charge on any atom is -0.421 e. The number of thiophene rings is 1. The van der Waals surface area contributed by atoms with Gasteiger partial charge in [0.1, 0.15) is 5.84 Å². The number of likely N-dealkylation sites (tertiary alicyclic amines) is 1. The van der Waals surface area contributed by atoms with Gasteiger partial charge in [0.05, 0.1) is 4.90 Å². The summed E-state index contributed by atoms with van der Waals surface area (Å²) in [6.07, 6.45) is 1.92. The lowest BCUT2D eigenvalue weighted by Gasteiger charge is -2.11. The van der Waals surface area contributed by atoms with Crippen molar-refractivity contribution in [2.75, 3.05) is 18.9 Å². The number of anilines is 1. The van der Waals surface area contributed by atoms with Crippen molar-refractivity contribution in [2.45, 2.75) is 30.6 Å². The molecule has 31 heavy (non-hydrogen) atoms. The highest BCUT2D eigenvalue weighted by Crippen LogP contribution is 2.22. The van der Waals surface area contributed by atoms with Gasteiger partial charge in [0.2, 0.25) is 17.7 Å². The van der Waals surface area contributed by atoms with Crippen LogP contribution in [-0.4, -0.2) is 48.9 Å². The summed E-state index contributed by atoms with van der Waals surface area (Å²) in [5.41, 5.74) is 1.23. The first-order chi connectivity index (χ1) is 14.9. The minimum absolute atomic E-state index is 0.0374. The number of hydrogen-bond acceptors (Lipinski definition) is 7. The average molecular weight is 460 g/mol. The molecule has 0 radical (unpaired) electrons. The van der Waals surface area contributed by atoms with E-state index in [-0.39, 0.29) is 23.6 Å². The second-order valence-electron chi connectivity index (χ2n) is 7.10. The fraction of sp³-hybridized carbons (Fsp3) is 0.300. The van der Waals surface area contributed by atoms with Crippen LogP contribution >= 0.6 is 11.3 Å². The normalized spacial score (nSPS) is 15.5. The highest BCUT2D eigenvalue weighted by atomic mass is 32.2. The largest absolute Gasteiger partial charge is 0.421 e. The van der Waals surface area contributed by atoms with Gasteiger partial charge in [-0.3, -0.25) is 4.79 Å². The zero-order chi connectivity index (χ0) is 21.8. The van der Waals surface area contributed by atoms with Crippen molar-refractivity contribution < 1.29 is 17.6 Å². The highest BCUT2D eigenvalue weighted by Gasteiger charge is 2.20. The molecule has 1 amide bonds. The molecule has 0 bridgehead atoms. The third-order valence-corrected chi connectivity index (χ3v) is 6.76. The Morgan fingerprint density at radius 1 is 1.32 bits per heavy atom. The fourth-order valence-corrected chi connectivity index (χ4v) is 4.91.